The topological polar surface area (TPSA) is 52.6 Å². The van der Waals surface area contributed by atoms with Gasteiger partial charge in [0.05, 0.1) is 32.5 Å². The van der Waals surface area contributed by atoms with E-state index in [9.17, 15) is 9.59 Å². The second-order valence-electron chi connectivity index (χ2n) is 7.83. The Hall–Kier alpha value is -1.10. The normalized spacial score (nSPS) is 35.8. The first-order valence-corrected chi connectivity index (χ1v) is 8.62. The van der Waals surface area contributed by atoms with Gasteiger partial charge in [-0.05, 0) is 25.2 Å². The second-order valence-corrected chi connectivity index (χ2v) is 7.83. The monoisotopic (exact) mass is 310 g/mol. The molecule has 0 amide bonds. The molecule has 3 aliphatic rings. The summed E-state index contributed by atoms with van der Waals surface area (Å²) in [5.41, 5.74) is 0. The number of carbonyl (C=O) groups is 2. The summed E-state index contributed by atoms with van der Waals surface area (Å²) in [6.45, 7) is 4.54. The van der Waals surface area contributed by atoms with E-state index in [1.165, 1.54) is 12.8 Å². The van der Waals surface area contributed by atoms with Crippen molar-refractivity contribution in [1.82, 2.24) is 0 Å². The zero-order valence-corrected chi connectivity index (χ0v) is 13.9. The molecule has 22 heavy (non-hydrogen) atoms. The fourth-order valence-corrected chi connectivity index (χ4v) is 4.51. The van der Waals surface area contributed by atoms with Crippen LogP contribution in [0.2, 0.25) is 0 Å². The van der Waals surface area contributed by atoms with Crippen LogP contribution in [0, 0.1) is 23.7 Å². The molecule has 2 bridgehead atoms. The summed E-state index contributed by atoms with van der Waals surface area (Å²) in [5, 5.41) is 0. The third-order valence-electron chi connectivity index (χ3n) is 5.81. The van der Waals surface area contributed by atoms with Gasteiger partial charge in [0.25, 0.3) is 0 Å². The van der Waals surface area contributed by atoms with Gasteiger partial charge in [-0.3, -0.25) is 9.59 Å². The number of nitrogens with zero attached hydrogens (tertiary/aromatic N) is 1. The zero-order valence-electron chi connectivity index (χ0n) is 13.9. The number of ether oxygens (including phenoxy) is 2. The van der Waals surface area contributed by atoms with Crippen LogP contribution in [-0.4, -0.2) is 56.3 Å². The van der Waals surface area contributed by atoms with E-state index in [2.05, 4.69) is 21.0 Å². The summed E-state index contributed by atoms with van der Waals surface area (Å²) in [7, 11) is 4.33. The van der Waals surface area contributed by atoms with Gasteiger partial charge < -0.3 is 14.0 Å². The smallest absolute Gasteiger partial charge is 0.310 e. The van der Waals surface area contributed by atoms with Crippen LogP contribution in [0.3, 0.4) is 0 Å². The van der Waals surface area contributed by atoms with Crippen molar-refractivity contribution in [3.63, 3.8) is 0 Å². The number of rotatable bonds is 7. The lowest BCUT2D eigenvalue weighted by Gasteiger charge is -2.30. The number of hydrogen-bond donors (Lipinski definition) is 0. The predicted octanol–water partition coefficient (Wildman–Crippen LogP) is 1.60. The molecule has 2 aliphatic carbocycles. The van der Waals surface area contributed by atoms with Crippen LogP contribution >= 0.6 is 0 Å². The van der Waals surface area contributed by atoms with Crippen molar-refractivity contribution in [3.8, 4) is 0 Å². The van der Waals surface area contributed by atoms with Crippen molar-refractivity contribution in [2.45, 2.75) is 38.7 Å². The van der Waals surface area contributed by atoms with Crippen molar-refractivity contribution in [2.75, 3.05) is 33.8 Å². The minimum atomic E-state index is -0.248. The highest BCUT2D eigenvalue weighted by molar-refractivity contribution is 5.85. The SMILES string of the molecule is CCCC[N+](C)(C)CCOC(=O)[C@@H]1[C@@H]2C[C@@H]3[C@@H]1C(=O)O[C@@H]3C2. The Balaban J connectivity index is 1.50. The summed E-state index contributed by atoms with van der Waals surface area (Å²) in [6.07, 6.45) is 4.25. The Bertz CT molecular complexity index is 460. The minimum absolute atomic E-state index is 0.0798. The largest absolute Gasteiger partial charge is 0.462 e. The van der Waals surface area contributed by atoms with Crippen LogP contribution in [0.4, 0.5) is 0 Å². The summed E-state index contributed by atoms with van der Waals surface area (Å²) in [4.78, 5) is 24.4. The molecule has 1 saturated heterocycles. The number of carbonyl (C=O) groups excluding carboxylic acids is 2. The molecule has 0 aromatic heterocycles. The van der Waals surface area contributed by atoms with E-state index in [0.29, 0.717) is 12.5 Å². The maximum Gasteiger partial charge on any atom is 0.310 e. The van der Waals surface area contributed by atoms with E-state index in [4.69, 9.17) is 9.47 Å². The Morgan fingerprint density at radius 3 is 2.82 bits per heavy atom. The molecule has 0 aromatic carbocycles. The van der Waals surface area contributed by atoms with Crippen molar-refractivity contribution in [2.24, 2.45) is 23.7 Å². The van der Waals surface area contributed by atoms with Gasteiger partial charge in [-0.25, -0.2) is 0 Å². The van der Waals surface area contributed by atoms with Gasteiger partial charge in [0.1, 0.15) is 19.3 Å². The van der Waals surface area contributed by atoms with Crippen LogP contribution in [0.1, 0.15) is 32.6 Å². The van der Waals surface area contributed by atoms with Crippen LogP contribution in [0.5, 0.6) is 0 Å². The molecule has 0 spiro atoms. The predicted molar refractivity (Wildman–Crippen MR) is 80.8 cm³/mol. The first kappa shape index (κ1) is 15.8. The van der Waals surface area contributed by atoms with Crippen molar-refractivity contribution in [1.29, 1.82) is 0 Å². The van der Waals surface area contributed by atoms with Gasteiger partial charge in [-0.1, -0.05) is 13.3 Å². The van der Waals surface area contributed by atoms with Gasteiger partial charge in [0.15, 0.2) is 0 Å². The molecule has 3 rings (SSSR count). The number of hydrogen-bond acceptors (Lipinski definition) is 4. The van der Waals surface area contributed by atoms with Gasteiger partial charge in [0, 0.05) is 5.92 Å². The molecule has 0 N–H and O–H groups in total. The molecule has 5 heteroatoms. The van der Waals surface area contributed by atoms with Crippen LogP contribution < -0.4 is 0 Å². The zero-order chi connectivity index (χ0) is 15.9. The summed E-state index contributed by atoms with van der Waals surface area (Å²) < 4.78 is 11.8. The molecule has 5 atom stereocenters. The molecule has 124 valence electrons. The molecule has 0 unspecified atom stereocenters. The van der Waals surface area contributed by atoms with Gasteiger partial charge >= 0.3 is 11.9 Å². The van der Waals surface area contributed by atoms with E-state index in [1.54, 1.807) is 0 Å². The third-order valence-corrected chi connectivity index (χ3v) is 5.81. The summed E-state index contributed by atoms with van der Waals surface area (Å²) in [5.74, 6) is -0.254. The number of fused-ring (bicyclic) bond motifs is 1. The summed E-state index contributed by atoms with van der Waals surface area (Å²) in [6, 6.07) is 0. The number of likely N-dealkylation sites (N-methyl/N-ethyl adjacent to an activating group) is 1. The Morgan fingerprint density at radius 2 is 2.09 bits per heavy atom. The minimum Gasteiger partial charge on any atom is -0.462 e. The molecule has 0 aromatic rings. The molecule has 1 heterocycles. The quantitative estimate of drug-likeness (QED) is 0.529. The highest BCUT2D eigenvalue weighted by Gasteiger charge is 2.64. The molecular weight excluding hydrogens is 282 g/mol. The molecule has 5 nitrogen and oxygen atoms in total. The molecular formula is C17H28NO4+. The molecule has 2 saturated carbocycles. The van der Waals surface area contributed by atoms with Gasteiger partial charge in [0.2, 0.25) is 0 Å². The van der Waals surface area contributed by atoms with E-state index < -0.39 is 0 Å². The Labute approximate surface area is 132 Å². The third kappa shape index (κ3) is 2.75. The highest BCUT2D eigenvalue weighted by Crippen LogP contribution is 2.57. The van der Waals surface area contributed by atoms with E-state index in [0.717, 1.165) is 30.4 Å². The first-order chi connectivity index (χ1) is 10.4. The summed E-state index contributed by atoms with van der Waals surface area (Å²) >= 11 is 0. The van der Waals surface area contributed by atoms with E-state index in [1.807, 2.05) is 0 Å². The van der Waals surface area contributed by atoms with Crippen molar-refractivity contribution in [3.05, 3.63) is 0 Å². The second kappa shape index (κ2) is 5.84. The van der Waals surface area contributed by atoms with E-state index >= 15 is 0 Å². The molecule has 0 radical (unpaired) electrons. The Morgan fingerprint density at radius 1 is 1.32 bits per heavy atom. The van der Waals surface area contributed by atoms with Gasteiger partial charge in [-0.15, -0.1) is 0 Å². The van der Waals surface area contributed by atoms with Crippen LogP contribution in [0.15, 0.2) is 0 Å². The lowest BCUT2D eigenvalue weighted by molar-refractivity contribution is -0.890. The standard InChI is InChI=1S/C17H28NO4/c1-4-5-6-18(2,3)7-8-21-16(19)14-11-9-12-13(10-11)22-17(20)15(12)14/h11-15H,4-10H2,1-3H3/q+1/t11-,12+,13-,14-,15+/m1/s1. The maximum atomic E-state index is 12.4. The van der Waals surface area contributed by atoms with E-state index in [-0.39, 0.29) is 35.8 Å². The van der Waals surface area contributed by atoms with Crippen molar-refractivity contribution >= 4 is 11.9 Å². The lowest BCUT2D eigenvalue weighted by Crippen LogP contribution is -2.44. The van der Waals surface area contributed by atoms with Gasteiger partial charge in [-0.2, -0.15) is 0 Å². The molecule has 3 fully saturated rings. The Kier molecular flexibility index (Phi) is 4.19. The highest BCUT2D eigenvalue weighted by atomic mass is 16.6. The fourth-order valence-electron chi connectivity index (χ4n) is 4.51. The number of esters is 2. The lowest BCUT2D eigenvalue weighted by atomic mass is 9.80. The fraction of sp³-hybridized carbons (Fsp3) is 0.882. The molecule has 1 aliphatic heterocycles. The first-order valence-electron chi connectivity index (χ1n) is 8.62. The number of unbranched alkanes of at least 4 members (excludes halogenated alkanes) is 1. The average molecular weight is 310 g/mol. The van der Waals surface area contributed by atoms with Crippen LogP contribution in [0.25, 0.3) is 0 Å². The average Bonchev–Trinajstić information content (AvgIpc) is 3.06. The maximum absolute atomic E-state index is 12.4. The number of quaternary nitrogens is 1. The van der Waals surface area contributed by atoms with Crippen molar-refractivity contribution < 1.29 is 23.5 Å². The van der Waals surface area contributed by atoms with Crippen LogP contribution in [-0.2, 0) is 19.1 Å².